The van der Waals surface area contributed by atoms with Crippen LogP contribution in [0.15, 0.2) is 23.0 Å². The fraction of sp³-hybridized carbons (Fsp3) is 0.412. The number of fused-ring (bicyclic) bond motifs is 1. The van der Waals surface area contributed by atoms with Crippen molar-refractivity contribution in [2.45, 2.75) is 39.3 Å². The molecule has 1 aliphatic rings. The van der Waals surface area contributed by atoms with Crippen molar-refractivity contribution < 1.29 is 0 Å². The van der Waals surface area contributed by atoms with Crippen LogP contribution in [0.4, 0.5) is 0 Å². The van der Waals surface area contributed by atoms with Crippen molar-refractivity contribution in [3.63, 3.8) is 0 Å². The Morgan fingerprint density at radius 1 is 1.30 bits per heavy atom. The van der Waals surface area contributed by atoms with E-state index in [-0.39, 0.29) is 11.5 Å². The maximum Gasteiger partial charge on any atom is 0.254 e. The van der Waals surface area contributed by atoms with Crippen LogP contribution in [0.2, 0.25) is 10.0 Å². The van der Waals surface area contributed by atoms with Crippen LogP contribution < -0.4 is 5.56 Å². The van der Waals surface area contributed by atoms with Gasteiger partial charge in [-0.25, -0.2) is 4.98 Å². The first-order chi connectivity index (χ1) is 11.0. The van der Waals surface area contributed by atoms with E-state index < -0.39 is 0 Å². The third-order valence-electron chi connectivity index (χ3n) is 4.16. The average molecular weight is 352 g/mol. The molecule has 0 radical (unpaired) electrons. The zero-order chi connectivity index (χ0) is 16.6. The van der Waals surface area contributed by atoms with Gasteiger partial charge in [-0.15, -0.1) is 0 Å². The predicted molar refractivity (Wildman–Crippen MR) is 93.2 cm³/mol. The van der Waals surface area contributed by atoms with E-state index in [2.05, 4.69) is 14.9 Å². The minimum absolute atomic E-state index is 0.00544. The molecule has 0 atom stereocenters. The molecule has 0 spiro atoms. The van der Waals surface area contributed by atoms with E-state index >= 15 is 0 Å². The molecule has 3 rings (SSSR count). The first-order valence-electron chi connectivity index (χ1n) is 7.73. The van der Waals surface area contributed by atoms with E-state index in [0.29, 0.717) is 29.6 Å². The summed E-state index contributed by atoms with van der Waals surface area (Å²) in [5.41, 5.74) is 2.59. The summed E-state index contributed by atoms with van der Waals surface area (Å²) in [6.07, 6.45) is 0.693. The smallest absolute Gasteiger partial charge is 0.254 e. The fourth-order valence-corrected chi connectivity index (χ4v) is 3.35. The van der Waals surface area contributed by atoms with Gasteiger partial charge in [0, 0.05) is 46.7 Å². The van der Waals surface area contributed by atoms with Crippen molar-refractivity contribution in [3.8, 4) is 0 Å². The SMILES string of the molecule is CC(C)c1nc2c(c(=O)[nH]1)CCN(Cc1c(Cl)cccc1Cl)C2. The Balaban J connectivity index is 1.87. The van der Waals surface area contributed by atoms with Crippen molar-refractivity contribution in [2.24, 2.45) is 0 Å². The lowest BCUT2D eigenvalue weighted by atomic mass is 10.0. The minimum Gasteiger partial charge on any atom is -0.310 e. The van der Waals surface area contributed by atoms with E-state index in [1.165, 1.54) is 0 Å². The van der Waals surface area contributed by atoms with Crippen LogP contribution in [-0.4, -0.2) is 21.4 Å². The molecule has 1 aromatic carbocycles. The lowest BCUT2D eigenvalue weighted by Crippen LogP contribution is -2.35. The van der Waals surface area contributed by atoms with Crippen LogP contribution in [-0.2, 0) is 19.5 Å². The molecular formula is C17H19Cl2N3O. The van der Waals surface area contributed by atoms with Crippen LogP contribution >= 0.6 is 23.2 Å². The molecule has 0 amide bonds. The van der Waals surface area contributed by atoms with E-state index in [1.54, 1.807) is 0 Å². The lowest BCUT2D eigenvalue weighted by molar-refractivity contribution is 0.240. The van der Waals surface area contributed by atoms with Gasteiger partial charge in [0.05, 0.1) is 5.69 Å². The first-order valence-corrected chi connectivity index (χ1v) is 8.48. The third kappa shape index (κ3) is 3.44. The number of hydrogen-bond donors (Lipinski definition) is 1. The molecule has 0 aliphatic carbocycles. The normalized spacial score (nSPS) is 15.0. The third-order valence-corrected chi connectivity index (χ3v) is 4.87. The van der Waals surface area contributed by atoms with Crippen molar-refractivity contribution >= 4 is 23.2 Å². The standard InChI is InChI=1S/C17H19Cl2N3O/c1-10(2)16-20-15-9-22(7-6-11(15)17(23)21-16)8-12-13(18)4-3-5-14(12)19/h3-5,10H,6-9H2,1-2H3,(H,20,21,23). The number of aromatic amines is 1. The molecule has 2 heterocycles. The Kier molecular flexibility index (Phi) is 4.76. The number of rotatable bonds is 3. The zero-order valence-electron chi connectivity index (χ0n) is 13.2. The van der Waals surface area contributed by atoms with Crippen molar-refractivity contribution in [1.29, 1.82) is 0 Å². The highest BCUT2D eigenvalue weighted by atomic mass is 35.5. The summed E-state index contributed by atoms with van der Waals surface area (Å²) in [5.74, 6) is 0.938. The maximum atomic E-state index is 12.2. The summed E-state index contributed by atoms with van der Waals surface area (Å²) in [6.45, 7) is 6.13. The Hall–Kier alpha value is -1.36. The maximum absolute atomic E-state index is 12.2. The van der Waals surface area contributed by atoms with Gasteiger partial charge in [0.15, 0.2) is 0 Å². The summed E-state index contributed by atoms with van der Waals surface area (Å²) >= 11 is 12.5. The number of halogens is 2. The summed E-state index contributed by atoms with van der Waals surface area (Å²) < 4.78 is 0. The second-order valence-corrected chi connectivity index (χ2v) is 7.01. The molecule has 2 aromatic rings. The van der Waals surface area contributed by atoms with E-state index in [9.17, 15) is 4.79 Å². The Bertz CT molecular complexity index is 766. The monoisotopic (exact) mass is 351 g/mol. The fourth-order valence-electron chi connectivity index (χ4n) is 2.83. The molecule has 0 unspecified atom stereocenters. The minimum atomic E-state index is -0.00544. The molecule has 122 valence electrons. The number of benzene rings is 1. The van der Waals surface area contributed by atoms with Crippen LogP contribution in [0.5, 0.6) is 0 Å². The predicted octanol–water partition coefficient (Wildman–Crippen LogP) is 3.76. The van der Waals surface area contributed by atoms with Gasteiger partial charge in [-0.1, -0.05) is 43.1 Å². The largest absolute Gasteiger partial charge is 0.310 e. The number of aromatic nitrogens is 2. The molecule has 0 saturated carbocycles. The quantitative estimate of drug-likeness (QED) is 0.915. The highest BCUT2D eigenvalue weighted by Gasteiger charge is 2.22. The van der Waals surface area contributed by atoms with E-state index in [0.717, 1.165) is 29.2 Å². The topological polar surface area (TPSA) is 49.0 Å². The first kappa shape index (κ1) is 16.5. The Morgan fingerprint density at radius 3 is 2.65 bits per heavy atom. The van der Waals surface area contributed by atoms with Crippen LogP contribution in [0.3, 0.4) is 0 Å². The number of H-pyrrole nitrogens is 1. The van der Waals surface area contributed by atoms with Crippen molar-refractivity contribution in [1.82, 2.24) is 14.9 Å². The Labute approximate surface area is 145 Å². The van der Waals surface area contributed by atoms with Gasteiger partial charge in [0.2, 0.25) is 0 Å². The summed E-state index contributed by atoms with van der Waals surface area (Å²) in [4.78, 5) is 22.0. The van der Waals surface area contributed by atoms with Gasteiger partial charge in [-0.05, 0) is 18.6 Å². The molecule has 0 fully saturated rings. The molecular weight excluding hydrogens is 333 g/mol. The second-order valence-electron chi connectivity index (χ2n) is 6.19. The molecule has 6 heteroatoms. The van der Waals surface area contributed by atoms with Gasteiger partial charge >= 0.3 is 0 Å². The van der Waals surface area contributed by atoms with Crippen LogP contribution in [0.1, 0.15) is 42.4 Å². The molecule has 1 aliphatic heterocycles. The van der Waals surface area contributed by atoms with Gasteiger partial charge < -0.3 is 4.98 Å². The summed E-state index contributed by atoms with van der Waals surface area (Å²) in [7, 11) is 0. The number of hydrogen-bond acceptors (Lipinski definition) is 3. The van der Waals surface area contributed by atoms with Gasteiger partial charge in [-0.3, -0.25) is 9.69 Å². The number of nitrogens with zero attached hydrogens (tertiary/aromatic N) is 2. The molecule has 1 aromatic heterocycles. The molecule has 1 N–H and O–H groups in total. The van der Waals surface area contributed by atoms with Gasteiger partial charge in [0.25, 0.3) is 5.56 Å². The molecule has 0 bridgehead atoms. The average Bonchev–Trinajstić information content (AvgIpc) is 2.50. The molecule has 23 heavy (non-hydrogen) atoms. The van der Waals surface area contributed by atoms with Crippen molar-refractivity contribution in [3.05, 3.63) is 61.2 Å². The van der Waals surface area contributed by atoms with Crippen LogP contribution in [0, 0.1) is 0 Å². The van der Waals surface area contributed by atoms with E-state index in [1.807, 2.05) is 32.0 Å². The highest BCUT2D eigenvalue weighted by Crippen LogP contribution is 2.27. The van der Waals surface area contributed by atoms with Gasteiger partial charge in [-0.2, -0.15) is 0 Å². The van der Waals surface area contributed by atoms with Crippen molar-refractivity contribution in [2.75, 3.05) is 6.54 Å². The van der Waals surface area contributed by atoms with E-state index in [4.69, 9.17) is 23.2 Å². The Morgan fingerprint density at radius 2 is 2.00 bits per heavy atom. The molecule has 0 saturated heterocycles. The molecule has 4 nitrogen and oxygen atoms in total. The lowest BCUT2D eigenvalue weighted by Gasteiger charge is -2.28. The van der Waals surface area contributed by atoms with Crippen LogP contribution in [0.25, 0.3) is 0 Å². The number of nitrogens with one attached hydrogen (secondary N) is 1. The summed E-state index contributed by atoms with van der Waals surface area (Å²) in [5, 5.41) is 1.34. The van der Waals surface area contributed by atoms with Gasteiger partial charge in [0.1, 0.15) is 5.82 Å². The summed E-state index contributed by atoms with van der Waals surface area (Å²) in [6, 6.07) is 5.54. The second kappa shape index (κ2) is 6.63. The zero-order valence-corrected chi connectivity index (χ0v) is 14.7. The highest BCUT2D eigenvalue weighted by molar-refractivity contribution is 6.35.